The molecule has 0 spiro atoms. The SMILES string of the molecule is N#CCCNS(=O)(=O)c1ccc(C(=O)N2CCN(CCc3ccccc3)CC2)cc1. The zero-order valence-corrected chi connectivity index (χ0v) is 17.6. The van der Waals surface area contributed by atoms with Gasteiger partial charge in [-0.3, -0.25) is 9.69 Å². The fourth-order valence-corrected chi connectivity index (χ4v) is 4.42. The highest BCUT2D eigenvalue weighted by Gasteiger charge is 2.22. The summed E-state index contributed by atoms with van der Waals surface area (Å²) in [6.07, 6.45) is 1.10. The standard InChI is InChI=1S/C22H26N4O3S/c23-12-4-13-24-30(28,29)21-9-7-20(8-10-21)22(27)26-17-15-25(16-18-26)14-11-19-5-2-1-3-6-19/h1-3,5-10,24H,4,11,13-18H2. The van der Waals surface area contributed by atoms with Crippen LogP contribution in [0.4, 0.5) is 0 Å². The van der Waals surface area contributed by atoms with Crippen molar-refractivity contribution in [3.8, 4) is 6.07 Å². The molecular formula is C22H26N4O3S. The smallest absolute Gasteiger partial charge is 0.253 e. The lowest BCUT2D eigenvalue weighted by atomic mass is 10.1. The minimum absolute atomic E-state index is 0.0636. The summed E-state index contributed by atoms with van der Waals surface area (Å²) >= 11 is 0. The molecule has 3 rings (SSSR count). The van der Waals surface area contributed by atoms with Gasteiger partial charge in [0.15, 0.2) is 0 Å². The fraction of sp³-hybridized carbons (Fsp3) is 0.364. The number of carbonyl (C=O) groups is 1. The summed E-state index contributed by atoms with van der Waals surface area (Å²) in [6.45, 7) is 4.00. The second-order valence-corrected chi connectivity index (χ2v) is 8.97. The second kappa shape index (κ2) is 10.3. The van der Waals surface area contributed by atoms with E-state index in [-0.39, 0.29) is 23.8 Å². The quantitative estimate of drug-likeness (QED) is 0.651. The van der Waals surface area contributed by atoms with E-state index in [0.717, 1.165) is 26.1 Å². The molecule has 1 aliphatic rings. The van der Waals surface area contributed by atoms with Crippen LogP contribution >= 0.6 is 0 Å². The zero-order chi connectivity index (χ0) is 21.4. The molecule has 0 aliphatic carbocycles. The molecule has 158 valence electrons. The van der Waals surface area contributed by atoms with E-state index in [1.54, 1.807) is 12.1 Å². The molecule has 2 aromatic carbocycles. The third kappa shape index (κ3) is 5.89. The molecule has 1 fully saturated rings. The number of nitriles is 1. The Kier molecular flexibility index (Phi) is 7.57. The third-order valence-electron chi connectivity index (χ3n) is 5.16. The Morgan fingerprint density at radius 1 is 1.00 bits per heavy atom. The number of hydrogen-bond donors (Lipinski definition) is 1. The molecule has 0 saturated carbocycles. The highest BCUT2D eigenvalue weighted by molar-refractivity contribution is 7.89. The molecule has 1 saturated heterocycles. The number of rotatable bonds is 8. The average Bonchev–Trinajstić information content (AvgIpc) is 2.78. The van der Waals surface area contributed by atoms with Crippen molar-refractivity contribution in [1.29, 1.82) is 5.26 Å². The molecule has 0 aromatic heterocycles. The van der Waals surface area contributed by atoms with Gasteiger partial charge in [-0.1, -0.05) is 30.3 Å². The lowest BCUT2D eigenvalue weighted by molar-refractivity contribution is 0.0638. The summed E-state index contributed by atoms with van der Waals surface area (Å²) in [7, 11) is -3.67. The van der Waals surface area contributed by atoms with Gasteiger partial charge in [0, 0.05) is 51.3 Å². The molecular weight excluding hydrogens is 400 g/mol. The summed E-state index contributed by atoms with van der Waals surface area (Å²) in [5.41, 5.74) is 1.79. The van der Waals surface area contributed by atoms with E-state index >= 15 is 0 Å². The first-order valence-electron chi connectivity index (χ1n) is 10.0. The molecule has 0 radical (unpaired) electrons. The first-order valence-corrected chi connectivity index (χ1v) is 11.5. The number of sulfonamides is 1. The van der Waals surface area contributed by atoms with Crippen LogP contribution in [0.5, 0.6) is 0 Å². The summed E-state index contributed by atoms with van der Waals surface area (Å²) in [4.78, 5) is 17.0. The van der Waals surface area contributed by atoms with Crippen LogP contribution in [0.25, 0.3) is 0 Å². The number of piperazine rings is 1. The molecule has 1 heterocycles. The van der Waals surface area contributed by atoms with Crippen molar-refractivity contribution in [1.82, 2.24) is 14.5 Å². The maximum atomic E-state index is 12.8. The van der Waals surface area contributed by atoms with Crippen LogP contribution in [0, 0.1) is 11.3 Å². The van der Waals surface area contributed by atoms with Gasteiger partial charge >= 0.3 is 0 Å². The maximum absolute atomic E-state index is 12.8. The Hall–Kier alpha value is -2.73. The predicted molar refractivity (Wildman–Crippen MR) is 114 cm³/mol. The van der Waals surface area contributed by atoms with Gasteiger partial charge in [-0.2, -0.15) is 5.26 Å². The van der Waals surface area contributed by atoms with E-state index in [1.165, 1.54) is 17.7 Å². The van der Waals surface area contributed by atoms with Crippen molar-refractivity contribution in [2.75, 3.05) is 39.3 Å². The molecule has 0 atom stereocenters. The number of nitrogens with one attached hydrogen (secondary N) is 1. The molecule has 1 N–H and O–H groups in total. The normalized spacial score (nSPS) is 15.0. The Morgan fingerprint density at radius 3 is 2.30 bits per heavy atom. The number of benzene rings is 2. The van der Waals surface area contributed by atoms with Gasteiger partial charge in [-0.05, 0) is 36.2 Å². The van der Waals surface area contributed by atoms with Crippen LogP contribution in [0.15, 0.2) is 59.5 Å². The summed E-state index contributed by atoms with van der Waals surface area (Å²) in [6, 6.07) is 18.2. The highest BCUT2D eigenvalue weighted by Crippen LogP contribution is 2.14. The monoisotopic (exact) mass is 426 g/mol. The van der Waals surface area contributed by atoms with Crippen LogP contribution in [-0.4, -0.2) is 63.4 Å². The lowest BCUT2D eigenvalue weighted by Crippen LogP contribution is -2.49. The summed E-state index contributed by atoms with van der Waals surface area (Å²) < 4.78 is 26.7. The number of nitrogens with zero attached hydrogens (tertiary/aromatic N) is 3. The van der Waals surface area contributed by atoms with Crippen LogP contribution < -0.4 is 4.72 Å². The molecule has 1 aliphatic heterocycles. The van der Waals surface area contributed by atoms with Crippen molar-refractivity contribution in [3.63, 3.8) is 0 Å². The maximum Gasteiger partial charge on any atom is 0.253 e. The number of hydrogen-bond acceptors (Lipinski definition) is 5. The van der Waals surface area contributed by atoms with Crippen molar-refractivity contribution < 1.29 is 13.2 Å². The van der Waals surface area contributed by atoms with Gasteiger partial charge in [0.05, 0.1) is 11.0 Å². The molecule has 0 bridgehead atoms. The van der Waals surface area contributed by atoms with Gasteiger partial charge in [0.25, 0.3) is 5.91 Å². The van der Waals surface area contributed by atoms with Crippen LogP contribution in [0.2, 0.25) is 0 Å². The molecule has 7 nitrogen and oxygen atoms in total. The molecule has 2 aromatic rings. The predicted octanol–water partition coefficient (Wildman–Crippen LogP) is 1.88. The van der Waals surface area contributed by atoms with Crippen molar-refractivity contribution in [2.24, 2.45) is 0 Å². The summed E-state index contributed by atoms with van der Waals surface area (Å²) in [5.74, 6) is -0.0842. The molecule has 1 amide bonds. The van der Waals surface area contributed by atoms with Crippen LogP contribution in [0.1, 0.15) is 22.3 Å². The van der Waals surface area contributed by atoms with Gasteiger partial charge in [-0.25, -0.2) is 13.1 Å². The van der Waals surface area contributed by atoms with Gasteiger partial charge in [0.1, 0.15) is 0 Å². The van der Waals surface area contributed by atoms with Gasteiger partial charge in [-0.15, -0.1) is 0 Å². The third-order valence-corrected chi connectivity index (χ3v) is 6.64. The van der Waals surface area contributed by atoms with E-state index < -0.39 is 10.0 Å². The number of carbonyl (C=O) groups excluding carboxylic acids is 1. The molecule has 8 heteroatoms. The number of amides is 1. The second-order valence-electron chi connectivity index (χ2n) is 7.20. The first-order chi connectivity index (χ1) is 14.5. The Bertz CT molecular complexity index is 977. The zero-order valence-electron chi connectivity index (χ0n) is 16.8. The van der Waals surface area contributed by atoms with Gasteiger partial charge in [0.2, 0.25) is 10.0 Å². The van der Waals surface area contributed by atoms with Crippen molar-refractivity contribution in [3.05, 3.63) is 65.7 Å². The molecule has 0 unspecified atom stereocenters. The van der Waals surface area contributed by atoms with E-state index in [9.17, 15) is 13.2 Å². The van der Waals surface area contributed by atoms with Crippen LogP contribution in [-0.2, 0) is 16.4 Å². The van der Waals surface area contributed by atoms with E-state index in [1.807, 2.05) is 29.2 Å². The average molecular weight is 427 g/mol. The Morgan fingerprint density at radius 2 is 1.67 bits per heavy atom. The van der Waals surface area contributed by atoms with Crippen LogP contribution in [0.3, 0.4) is 0 Å². The first kappa shape index (κ1) is 22.0. The Balaban J connectivity index is 1.50. The van der Waals surface area contributed by atoms with Crippen molar-refractivity contribution >= 4 is 15.9 Å². The fourth-order valence-electron chi connectivity index (χ4n) is 3.39. The van der Waals surface area contributed by atoms with Crippen molar-refractivity contribution in [2.45, 2.75) is 17.7 Å². The lowest BCUT2D eigenvalue weighted by Gasteiger charge is -2.34. The van der Waals surface area contributed by atoms with E-state index in [0.29, 0.717) is 18.7 Å². The van der Waals surface area contributed by atoms with E-state index in [2.05, 4.69) is 21.8 Å². The largest absolute Gasteiger partial charge is 0.336 e. The topological polar surface area (TPSA) is 93.5 Å². The summed E-state index contributed by atoms with van der Waals surface area (Å²) in [5, 5.41) is 8.52. The molecule has 30 heavy (non-hydrogen) atoms. The highest BCUT2D eigenvalue weighted by atomic mass is 32.2. The van der Waals surface area contributed by atoms with Gasteiger partial charge < -0.3 is 4.90 Å². The Labute approximate surface area is 178 Å². The minimum Gasteiger partial charge on any atom is -0.336 e. The minimum atomic E-state index is -3.67. The van der Waals surface area contributed by atoms with E-state index in [4.69, 9.17) is 5.26 Å².